The summed E-state index contributed by atoms with van der Waals surface area (Å²) in [6.45, 7) is 0.254. The predicted molar refractivity (Wildman–Crippen MR) is 106 cm³/mol. The van der Waals surface area contributed by atoms with Gasteiger partial charge in [-0.2, -0.15) is 0 Å². The molecule has 7 N–H and O–H groups in total. The van der Waals surface area contributed by atoms with Crippen LogP contribution in [0.1, 0.15) is 12.8 Å². The number of halogens is 2. The number of hydrogen-bond acceptors (Lipinski definition) is 7. The Morgan fingerprint density at radius 1 is 1.59 bits per heavy atom. The SMILES string of the molecule is COC1=C(Br)[C@@H](O)[C@]2(C=C1Br)CC(C(=O)NC[C@H](O)CCN=C(N)N)=NO2. The lowest BCUT2D eigenvalue weighted by Gasteiger charge is -2.33. The van der Waals surface area contributed by atoms with Gasteiger partial charge >= 0.3 is 0 Å². The minimum absolute atomic E-state index is 0.00432. The Labute approximate surface area is 172 Å². The number of oxime groups is 1. The number of nitrogens with one attached hydrogen (secondary N) is 1. The van der Waals surface area contributed by atoms with Gasteiger partial charge < -0.3 is 36.6 Å². The van der Waals surface area contributed by atoms with Crippen LogP contribution in [0.2, 0.25) is 0 Å². The van der Waals surface area contributed by atoms with Gasteiger partial charge in [-0.15, -0.1) is 0 Å². The molecular weight excluding hydrogens is 490 g/mol. The lowest BCUT2D eigenvalue weighted by Crippen LogP contribution is -2.45. The van der Waals surface area contributed by atoms with E-state index in [4.69, 9.17) is 21.0 Å². The Morgan fingerprint density at radius 3 is 2.93 bits per heavy atom. The van der Waals surface area contributed by atoms with E-state index in [2.05, 4.69) is 47.3 Å². The van der Waals surface area contributed by atoms with Gasteiger partial charge in [0.25, 0.3) is 5.91 Å². The lowest BCUT2D eigenvalue weighted by atomic mass is 9.87. The van der Waals surface area contributed by atoms with Crippen molar-refractivity contribution in [1.82, 2.24) is 5.32 Å². The molecular formula is C15H21Br2N5O5. The van der Waals surface area contributed by atoms with Crippen molar-refractivity contribution in [2.45, 2.75) is 30.7 Å². The van der Waals surface area contributed by atoms with Crippen molar-refractivity contribution in [2.24, 2.45) is 21.6 Å². The van der Waals surface area contributed by atoms with E-state index >= 15 is 0 Å². The van der Waals surface area contributed by atoms with Crippen molar-refractivity contribution >= 4 is 49.4 Å². The molecule has 1 aliphatic carbocycles. The molecule has 0 aromatic carbocycles. The van der Waals surface area contributed by atoms with Crippen LogP contribution in [0.3, 0.4) is 0 Å². The fraction of sp³-hybridized carbons (Fsp3) is 0.533. The Morgan fingerprint density at radius 2 is 2.30 bits per heavy atom. The van der Waals surface area contributed by atoms with Crippen molar-refractivity contribution in [1.29, 1.82) is 0 Å². The maximum absolute atomic E-state index is 12.3. The van der Waals surface area contributed by atoms with Gasteiger partial charge in [-0.3, -0.25) is 9.79 Å². The molecule has 12 heteroatoms. The number of hydrogen-bond donors (Lipinski definition) is 5. The van der Waals surface area contributed by atoms with E-state index in [9.17, 15) is 15.0 Å². The monoisotopic (exact) mass is 509 g/mol. The summed E-state index contributed by atoms with van der Waals surface area (Å²) >= 11 is 6.64. The summed E-state index contributed by atoms with van der Waals surface area (Å²) in [5.74, 6) is -0.128. The van der Waals surface area contributed by atoms with Gasteiger partial charge in [0.1, 0.15) is 17.6 Å². The van der Waals surface area contributed by atoms with Gasteiger partial charge in [-0.1, -0.05) is 5.16 Å². The molecule has 1 amide bonds. The van der Waals surface area contributed by atoms with Gasteiger partial charge in [-0.25, -0.2) is 0 Å². The number of nitrogens with two attached hydrogens (primary N) is 2. The highest BCUT2D eigenvalue weighted by atomic mass is 79.9. The fourth-order valence-electron chi connectivity index (χ4n) is 2.58. The molecule has 0 aromatic heterocycles. The minimum atomic E-state index is -1.22. The number of carbonyl (C=O) groups excluding carboxylic acids is 1. The standard InChI is InChI=1S/C15H21Br2N5O5/c1-26-11-8(16)4-15(12(24)10(11)17)5-9(22-27-15)13(25)21-6-7(23)2-3-20-14(18)19/h4,7,12,23-24H,2-3,5-6H2,1H3,(H,21,25)(H4,18,19,20)/t7-,12-,15+/m1/s1. The van der Waals surface area contributed by atoms with Crippen LogP contribution in [0.15, 0.2) is 30.9 Å². The number of amides is 1. The molecule has 1 spiro atoms. The van der Waals surface area contributed by atoms with Gasteiger partial charge in [0.2, 0.25) is 0 Å². The average Bonchev–Trinajstić information content (AvgIpc) is 3.03. The van der Waals surface area contributed by atoms with Crippen LogP contribution in [0, 0.1) is 0 Å². The van der Waals surface area contributed by atoms with Crippen molar-refractivity contribution in [2.75, 3.05) is 20.2 Å². The normalized spacial score (nSPS) is 25.4. The number of aliphatic hydroxyl groups excluding tert-OH is 2. The van der Waals surface area contributed by atoms with Crippen molar-refractivity contribution in [3.05, 3.63) is 20.8 Å². The summed E-state index contributed by atoms with van der Waals surface area (Å²) < 4.78 is 6.15. The summed E-state index contributed by atoms with van der Waals surface area (Å²) in [6, 6.07) is 0. The summed E-state index contributed by atoms with van der Waals surface area (Å²) in [4.78, 5) is 21.4. The molecule has 0 unspecified atom stereocenters. The molecule has 27 heavy (non-hydrogen) atoms. The van der Waals surface area contributed by atoms with Gasteiger partial charge in [-0.05, 0) is 44.4 Å². The molecule has 0 bridgehead atoms. The van der Waals surface area contributed by atoms with Crippen LogP contribution in [0.4, 0.5) is 0 Å². The Hall–Kier alpha value is -1.63. The number of aliphatic hydroxyl groups is 2. The summed E-state index contributed by atoms with van der Waals surface area (Å²) in [7, 11) is 1.47. The smallest absolute Gasteiger partial charge is 0.269 e. The third-order valence-electron chi connectivity index (χ3n) is 4.00. The zero-order valence-electron chi connectivity index (χ0n) is 14.5. The number of carbonyl (C=O) groups is 1. The van der Waals surface area contributed by atoms with Crippen LogP contribution >= 0.6 is 31.9 Å². The third-order valence-corrected chi connectivity index (χ3v) is 5.38. The number of ether oxygens (including phenoxy) is 1. The number of aliphatic imine (C=N–C) groups is 1. The molecule has 0 saturated heterocycles. The minimum Gasteiger partial charge on any atom is -0.495 e. The molecule has 2 aliphatic rings. The van der Waals surface area contributed by atoms with Crippen LogP contribution in [-0.4, -0.2) is 65.8 Å². The van der Waals surface area contributed by atoms with Crippen molar-refractivity contribution in [3.63, 3.8) is 0 Å². The van der Waals surface area contributed by atoms with Crippen LogP contribution in [0.5, 0.6) is 0 Å². The highest BCUT2D eigenvalue weighted by Crippen LogP contribution is 2.43. The zero-order chi connectivity index (χ0) is 20.2. The van der Waals surface area contributed by atoms with Crippen LogP contribution in [0.25, 0.3) is 0 Å². The molecule has 2 rings (SSSR count). The Kier molecular flexibility index (Phi) is 7.25. The molecule has 150 valence electrons. The maximum atomic E-state index is 12.3. The second-order valence-corrected chi connectivity index (χ2v) is 7.70. The highest BCUT2D eigenvalue weighted by molar-refractivity contribution is 9.12. The largest absolute Gasteiger partial charge is 0.495 e. The summed E-state index contributed by atoms with van der Waals surface area (Å²) in [6.07, 6.45) is 0.0230. The Balaban J connectivity index is 1.93. The maximum Gasteiger partial charge on any atom is 0.269 e. The molecule has 1 heterocycles. The first-order valence-electron chi connectivity index (χ1n) is 7.97. The highest BCUT2D eigenvalue weighted by Gasteiger charge is 2.50. The Bertz CT molecular complexity index is 719. The molecule has 0 radical (unpaired) electrons. The topological polar surface area (TPSA) is 165 Å². The van der Waals surface area contributed by atoms with Gasteiger partial charge in [0.05, 0.1) is 22.2 Å². The van der Waals surface area contributed by atoms with E-state index in [1.54, 1.807) is 6.08 Å². The predicted octanol–water partition coefficient (Wildman–Crippen LogP) is -0.452. The quantitative estimate of drug-likeness (QED) is 0.228. The molecule has 10 nitrogen and oxygen atoms in total. The number of guanidine groups is 1. The number of nitrogens with zero attached hydrogens (tertiary/aromatic N) is 2. The molecule has 0 fully saturated rings. The number of allylic oxidation sites excluding steroid dienone is 1. The number of methoxy groups -OCH3 is 1. The first kappa shape index (κ1) is 21.7. The van der Waals surface area contributed by atoms with Crippen molar-refractivity contribution < 1.29 is 24.6 Å². The van der Waals surface area contributed by atoms with Crippen LogP contribution in [-0.2, 0) is 14.4 Å². The van der Waals surface area contributed by atoms with Gasteiger partial charge in [0, 0.05) is 19.5 Å². The average molecular weight is 511 g/mol. The van der Waals surface area contributed by atoms with E-state index in [1.807, 2.05) is 0 Å². The second-order valence-electron chi connectivity index (χ2n) is 6.00. The van der Waals surface area contributed by atoms with E-state index in [-0.39, 0.29) is 37.6 Å². The fourth-order valence-corrected chi connectivity index (χ4v) is 4.37. The first-order chi connectivity index (χ1) is 12.7. The zero-order valence-corrected chi connectivity index (χ0v) is 17.7. The molecule has 0 aromatic rings. The van der Waals surface area contributed by atoms with Crippen molar-refractivity contribution in [3.8, 4) is 0 Å². The molecule has 3 atom stereocenters. The first-order valence-corrected chi connectivity index (χ1v) is 9.56. The summed E-state index contributed by atoms with van der Waals surface area (Å²) in [5.41, 5.74) is 9.28. The van der Waals surface area contributed by atoms with Gasteiger partial charge in [0.15, 0.2) is 11.6 Å². The molecule has 1 aliphatic heterocycles. The lowest BCUT2D eigenvalue weighted by molar-refractivity contribution is -0.115. The number of rotatable bonds is 7. The van der Waals surface area contributed by atoms with E-state index in [0.29, 0.717) is 14.7 Å². The summed E-state index contributed by atoms with van der Waals surface area (Å²) in [5, 5.41) is 26.8. The van der Waals surface area contributed by atoms with E-state index in [1.165, 1.54) is 7.11 Å². The van der Waals surface area contributed by atoms with E-state index in [0.717, 1.165) is 0 Å². The van der Waals surface area contributed by atoms with E-state index < -0.39 is 23.7 Å². The van der Waals surface area contributed by atoms with Crippen LogP contribution < -0.4 is 16.8 Å². The molecule has 0 saturated carbocycles. The second kappa shape index (κ2) is 9.04. The third kappa shape index (κ3) is 5.00.